The highest BCUT2D eigenvalue weighted by molar-refractivity contribution is 7.92. The summed E-state index contributed by atoms with van der Waals surface area (Å²) in [6, 6.07) is 13.2. The average molecular weight is 302 g/mol. The number of sulfonamides is 1. The van der Waals surface area contributed by atoms with Crippen LogP contribution < -0.4 is 10.0 Å². The van der Waals surface area contributed by atoms with E-state index in [0.717, 1.165) is 12.0 Å². The van der Waals surface area contributed by atoms with Crippen LogP contribution in [0, 0.1) is 0 Å². The standard InChI is InChI=1S/C15H14N2O3S/c18-15-14-10-12(7-6-11(14)8-9-16-15)17-21(19,20)13-4-2-1-3-5-13/h1-7,10,17H,8-9H2,(H,16,18). The van der Waals surface area contributed by atoms with E-state index in [1.165, 1.54) is 12.1 Å². The summed E-state index contributed by atoms with van der Waals surface area (Å²) >= 11 is 0. The van der Waals surface area contributed by atoms with Crippen molar-refractivity contribution < 1.29 is 13.2 Å². The first-order valence-corrected chi connectivity index (χ1v) is 8.03. The van der Waals surface area contributed by atoms with Gasteiger partial charge in [0.05, 0.1) is 4.90 Å². The van der Waals surface area contributed by atoms with Crippen LogP contribution in [0.15, 0.2) is 53.4 Å². The molecule has 0 saturated heterocycles. The average Bonchev–Trinajstić information content (AvgIpc) is 2.49. The van der Waals surface area contributed by atoms with Gasteiger partial charge >= 0.3 is 0 Å². The lowest BCUT2D eigenvalue weighted by atomic mass is 10.00. The molecule has 1 amide bonds. The minimum absolute atomic E-state index is 0.169. The second-order valence-electron chi connectivity index (χ2n) is 4.80. The molecule has 21 heavy (non-hydrogen) atoms. The van der Waals surface area contributed by atoms with E-state index in [0.29, 0.717) is 17.8 Å². The molecule has 0 fully saturated rings. The quantitative estimate of drug-likeness (QED) is 0.907. The Hall–Kier alpha value is -2.34. The summed E-state index contributed by atoms with van der Waals surface area (Å²) in [4.78, 5) is 12.0. The van der Waals surface area contributed by atoms with Gasteiger partial charge < -0.3 is 5.32 Å². The maximum absolute atomic E-state index is 12.2. The molecule has 0 aliphatic carbocycles. The second kappa shape index (κ2) is 5.21. The molecule has 0 spiro atoms. The molecular weight excluding hydrogens is 288 g/mol. The van der Waals surface area contributed by atoms with E-state index in [1.807, 2.05) is 0 Å². The van der Waals surface area contributed by atoms with E-state index in [1.54, 1.807) is 36.4 Å². The molecule has 6 heteroatoms. The van der Waals surface area contributed by atoms with Gasteiger partial charge in [0.25, 0.3) is 15.9 Å². The molecule has 1 aliphatic rings. The maximum atomic E-state index is 12.2. The Morgan fingerprint density at radius 1 is 1.05 bits per heavy atom. The van der Waals surface area contributed by atoms with Crippen molar-refractivity contribution >= 4 is 21.6 Å². The zero-order valence-corrected chi connectivity index (χ0v) is 12.0. The van der Waals surface area contributed by atoms with Gasteiger partial charge in [-0.25, -0.2) is 8.42 Å². The van der Waals surface area contributed by atoms with Gasteiger partial charge in [-0.2, -0.15) is 0 Å². The lowest BCUT2D eigenvalue weighted by Crippen LogP contribution is -2.31. The number of hydrogen-bond donors (Lipinski definition) is 2. The molecule has 0 atom stereocenters. The van der Waals surface area contributed by atoms with E-state index >= 15 is 0 Å². The summed E-state index contributed by atoms with van der Waals surface area (Å²) in [5, 5.41) is 2.74. The van der Waals surface area contributed by atoms with Crippen molar-refractivity contribution in [3.05, 3.63) is 59.7 Å². The monoisotopic (exact) mass is 302 g/mol. The topological polar surface area (TPSA) is 75.3 Å². The predicted molar refractivity (Wildman–Crippen MR) is 79.7 cm³/mol. The van der Waals surface area contributed by atoms with Crippen molar-refractivity contribution in [2.45, 2.75) is 11.3 Å². The molecule has 0 radical (unpaired) electrons. The summed E-state index contributed by atoms with van der Waals surface area (Å²) < 4.78 is 27.0. The molecule has 0 saturated carbocycles. The molecule has 3 rings (SSSR count). The molecule has 1 aliphatic heterocycles. The Labute approximate surface area is 123 Å². The second-order valence-corrected chi connectivity index (χ2v) is 6.48. The normalized spacial score (nSPS) is 14.2. The lowest BCUT2D eigenvalue weighted by Gasteiger charge is -2.17. The van der Waals surface area contributed by atoms with E-state index in [2.05, 4.69) is 10.0 Å². The van der Waals surface area contributed by atoms with Gasteiger partial charge in [-0.05, 0) is 36.2 Å². The number of rotatable bonds is 3. The van der Waals surface area contributed by atoms with Crippen LogP contribution in [0.5, 0.6) is 0 Å². The molecule has 0 bridgehead atoms. The van der Waals surface area contributed by atoms with Gasteiger partial charge in [0, 0.05) is 17.8 Å². The third kappa shape index (κ3) is 2.75. The van der Waals surface area contributed by atoms with Gasteiger partial charge in [-0.1, -0.05) is 24.3 Å². The Bertz CT molecular complexity index is 786. The number of anilines is 1. The SMILES string of the molecule is O=C1NCCc2ccc(NS(=O)(=O)c3ccccc3)cc21. The largest absolute Gasteiger partial charge is 0.352 e. The molecular formula is C15H14N2O3S. The van der Waals surface area contributed by atoms with Gasteiger partial charge in [0.2, 0.25) is 0 Å². The van der Waals surface area contributed by atoms with Crippen LogP contribution in [-0.4, -0.2) is 20.9 Å². The molecule has 1 heterocycles. The van der Waals surface area contributed by atoms with Crippen LogP contribution >= 0.6 is 0 Å². The fourth-order valence-electron chi connectivity index (χ4n) is 2.29. The van der Waals surface area contributed by atoms with E-state index in [4.69, 9.17) is 0 Å². The Balaban J connectivity index is 1.92. The van der Waals surface area contributed by atoms with Crippen molar-refractivity contribution in [2.24, 2.45) is 0 Å². The van der Waals surface area contributed by atoms with Crippen LogP contribution in [0.1, 0.15) is 15.9 Å². The zero-order valence-electron chi connectivity index (χ0n) is 11.2. The zero-order chi connectivity index (χ0) is 14.9. The van der Waals surface area contributed by atoms with Crippen molar-refractivity contribution in [1.82, 2.24) is 5.32 Å². The summed E-state index contributed by atoms with van der Waals surface area (Å²) in [7, 11) is -3.64. The van der Waals surface area contributed by atoms with Crippen LogP contribution in [0.2, 0.25) is 0 Å². The lowest BCUT2D eigenvalue weighted by molar-refractivity contribution is 0.0946. The van der Waals surface area contributed by atoms with Crippen molar-refractivity contribution in [3.63, 3.8) is 0 Å². The van der Waals surface area contributed by atoms with E-state index in [-0.39, 0.29) is 10.8 Å². The molecule has 0 aromatic heterocycles. The number of amides is 1. The highest BCUT2D eigenvalue weighted by atomic mass is 32.2. The number of hydrogen-bond acceptors (Lipinski definition) is 3. The van der Waals surface area contributed by atoms with Crippen LogP contribution in [-0.2, 0) is 16.4 Å². The highest BCUT2D eigenvalue weighted by Gasteiger charge is 2.19. The molecule has 108 valence electrons. The molecule has 2 N–H and O–H groups in total. The number of nitrogens with one attached hydrogen (secondary N) is 2. The van der Waals surface area contributed by atoms with Crippen molar-refractivity contribution in [1.29, 1.82) is 0 Å². The fraction of sp³-hybridized carbons (Fsp3) is 0.133. The third-order valence-electron chi connectivity index (χ3n) is 3.34. The van der Waals surface area contributed by atoms with Gasteiger partial charge in [-0.15, -0.1) is 0 Å². The summed E-state index contributed by atoms with van der Waals surface area (Å²) in [5.74, 6) is -0.169. The highest BCUT2D eigenvalue weighted by Crippen LogP contribution is 2.21. The molecule has 0 unspecified atom stereocenters. The van der Waals surface area contributed by atoms with Gasteiger partial charge in [-0.3, -0.25) is 9.52 Å². The van der Waals surface area contributed by atoms with E-state index in [9.17, 15) is 13.2 Å². The molecule has 2 aromatic carbocycles. The number of carbonyl (C=O) groups excluding carboxylic acids is 1. The smallest absolute Gasteiger partial charge is 0.261 e. The first-order chi connectivity index (χ1) is 10.1. The van der Waals surface area contributed by atoms with Crippen molar-refractivity contribution in [2.75, 3.05) is 11.3 Å². The number of benzene rings is 2. The number of fused-ring (bicyclic) bond motifs is 1. The Kier molecular flexibility index (Phi) is 3.39. The molecule has 5 nitrogen and oxygen atoms in total. The predicted octanol–water partition coefficient (Wildman–Crippen LogP) is 1.77. The minimum atomic E-state index is -3.64. The van der Waals surface area contributed by atoms with E-state index < -0.39 is 10.0 Å². The van der Waals surface area contributed by atoms with Crippen LogP contribution in [0.3, 0.4) is 0 Å². The molecule has 2 aromatic rings. The fourth-order valence-corrected chi connectivity index (χ4v) is 3.36. The van der Waals surface area contributed by atoms with Gasteiger partial charge in [0.1, 0.15) is 0 Å². The maximum Gasteiger partial charge on any atom is 0.261 e. The third-order valence-corrected chi connectivity index (χ3v) is 4.74. The number of carbonyl (C=O) groups is 1. The van der Waals surface area contributed by atoms with Crippen molar-refractivity contribution in [3.8, 4) is 0 Å². The summed E-state index contributed by atoms with van der Waals surface area (Å²) in [6.45, 7) is 0.612. The van der Waals surface area contributed by atoms with Gasteiger partial charge in [0.15, 0.2) is 0 Å². The first kappa shape index (κ1) is 13.6. The summed E-state index contributed by atoms with van der Waals surface area (Å²) in [6.07, 6.45) is 0.757. The minimum Gasteiger partial charge on any atom is -0.352 e. The first-order valence-electron chi connectivity index (χ1n) is 6.55. The summed E-state index contributed by atoms with van der Waals surface area (Å²) in [5.41, 5.74) is 1.84. The van der Waals surface area contributed by atoms with Crippen LogP contribution in [0.4, 0.5) is 5.69 Å². The Morgan fingerprint density at radius 2 is 1.81 bits per heavy atom. The Morgan fingerprint density at radius 3 is 2.57 bits per heavy atom. The van der Waals surface area contributed by atoms with Crippen LogP contribution in [0.25, 0.3) is 0 Å².